The molecule has 1 heterocycles. The lowest BCUT2D eigenvalue weighted by Gasteiger charge is -2.26. The first-order valence-electron chi connectivity index (χ1n) is 7.34. The van der Waals surface area contributed by atoms with Gasteiger partial charge in [-0.3, -0.25) is 0 Å². The van der Waals surface area contributed by atoms with Gasteiger partial charge in [-0.25, -0.2) is 0 Å². The van der Waals surface area contributed by atoms with Crippen LogP contribution in [-0.2, 0) is 6.42 Å². The third-order valence-corrected chi connectivity index (χ3v) is 4.30. The van der Waals surface area contributed by atoms with Gasteiger partial charge in [0, 0.05) is 6.04 Å². The first-order valence-corrected chi connectivity index (χ1v) is 7.34. The normalized spacial score (nSPS) is 23.5. The second kappa shape index (κ2) is 5.21. The molecule has 0 spiro atoms. The number of hydrogen-bond donors (Lipinski definition) is 1. The maximum absolute atomic E-state index is 6.07. The number of aryl methyl sites for hydroxylation is 1. The standard InChI is InChI=1S/C16H23NO/c1-12-9-10-14-7-4-8-15(16(14)17-12)18-11-13-5-2-3-6-13/h4,7-8,12-13,17H,2-3,5-6,9-11H2,1H3. The molecule has 1 aromatic rings. The summed E-state index contributed by atoms with van der Waals surface area (Å²) in [4.78, 5) is 0. The van der Waals surface area contributed by atoms with E-state index in [1.54, 1.807) is 0 Å². The molecule has 1 N–H and O–H groups in total. The van der Waals surface area contributed by atoms with Crippen molar-refractivity contribution in [3.8, 4) is 5.75 Å². The van der Waals surface area contributed by atoms with Crippen LogP contribution in [0.5, 0.6) is 5.75 Å². The van der Waals surface area contributed by atoms with Crippen molar-refractivity contribution in [3.05, 3.63) is 23.8 Å². The molecule has 0 bridgehead atoms. The predicted octanol–water partition coefficient (Wildman–Crippen LogP) is 4.00. The summed E-state index contributed by atoms with van der Waals surface area (Å²) in [6.07, 6.45) is 7.85. The van der Waals surface area contributed by atoms with Crippen molar-refractivity contribution in [1.82, 2.24) is 0 Å². The van der Waals surface area contributed by atoms with Crippen LogP contribution in [0.2, 0.25) is 0 Å². The van der Waals surface area contributed by atoms with E-state index in [4.69, 9.17) is 4.74 Å². The van der Waals surface area contributed by atoms with Gasteiger partial charge in [0.25, 0.3) is 0 Å². The fraction of sp³-hybridized carbons (Fsp3) is 0.625. The Balaban J connectivity index is 1.71. The highest BCUT2D eigenvalue weighted by atomic mass is 16.5. The van der Waals surface area contributed by atoms with Crippen molar-refractivity contribution in [2.24, 2.45) is 5.92 Å². The Labute approximate surface area is 110 Å². The van der Waals surface area contributed by atoms with E-state index in [2.05, 4.69) is 30.4 Å². The van der Waals surface area contributed by atoms with Gasteiger partial charge in [-0.1, -0.05) is 25.0 Å². The van der Waals surface area contributed by atoms with Gasteiger partial charge in [0.1, 0.15) is 5.75 Å². The molecule has 2 heteroatoms. The van der Waals surface area contributed by atoms with Crippen LogP contribution in [0.1, 0.15) is 44.6 Å². The highest BCUT2D eigenvalue weighted by molar-refractivity contribution is 5.63. The molecular formula is C16H23NO. The first-order chi connectivity index (χ1) is 8.83. The number of anilines is 1. The average Bonchev–Trinajstić information content (AvgIpc) is 2.89. The fourth-order valence-corrected chi connectivity index (χ4v) is 3.14. The molecule has 2 nitrogen and oxygen atoms in total. The summed E-state index contributed by atoms with van der Waals surface area (Å²) >= 11 is 0. The van der Waals surface area contributed by atoms with E-state index in [0.717, 1.165) is 18.3 Å². The SMILES string of the molecule is CC1CCc2cccc(OCC3CCCC3)c2N1. The molecule has 18 heavy (non-hydrogen) atoms. The van der Waals surface area contributed by atoms with Crippen molar-refractivity contribution < 1.29 is 4.74 Å². The summed E-state index contributed by atoms with van der Waals surface area (Å²) < 4.78 is 6.07. The van der Waals surface area contributed by atoms with Gasteiger partial charge in [0.15, 0.2) is 0 Å². The molecule has 1 aromatic carbocycles. The van der Waals surface area contributed by atoms with Gasteiger partial charge in [0.05, 0.1) is 12.3 Å². The predicted molar refractivity (Wildman–Crippen MR) is 75.3 cm³/mol. The van der Waals surface area contributed by atoms with Crippen LogP contribution in [-0.4, -0.2) is 12.6 Å². The van der Waals surface area contributed by atoms with E-state index in [1.165, 1.54) is 49.8 Å². The summed E-state index contributed by atoms with van der Waals surface area (Å²) in [7, 11) is 0. The monoisotopic (exact) mass is 245 g/mol. The smallest absolute Gasteiger partial charge is 0.142 e. The van der Waals surface area contributed by atoms with Crippen molar-refractivity contribution in [2.45, 2.75) is 51.5 Å². The molecule has 0 aromatic heterocycles. The minimum atomic E-state index is 0.564. The van der Waals surface area contributed by atoms with Crippen molar-refractivity contribution in [1.29, 1.82) is 0 Å². The van der Waals surface area contributed by atoms with Crippen molar-refractivity contribution >= 4 is 5.69 Å². The Morgan fingerprint density at radius 2 is 2.06 bits per heavy atom. The quantitative estimate of drug-likeness (QED) is 0.869. The number of hydrogen-bond acceptors (Lipinski definition) is 2. The molecular weight excluding hydrogens is 222 g/mol. The summed E-state index contributed by atoms with van der Waals surface area (Å²) in [6, 6.07) is 7.02. The van der Waals surface area contributed by atoms with Gasteiger partial charge >= 0.3 is 0 Å². The highest BCUT2D eigenvalue weighted by Gasteiger charge is 2.20. The number of nitrogens with one attached hydrogen (secondary N) is 1. The second-order valence-corrected chi connectivity index (χ2v) is 5.84. The van der Waals surface area contributed by atoms with Crippen LogP contribution in [0.4, 0.5) is 5.69 Å². The molecule has 98 valence electrons. The van der Waals surface area contributed by atoms with Gasteiger partial charge < -0.3 is 10.1 Å². The number of benzene rings is 1. The first kappa shape index (κ1) is 11.9. The van der Waals surface area contributed by atoms with E-state index in [9.17, 15) is 0 Å². The fourth-order valence-electron chi connectivity index (χ4n) is 3.14. The molecule has 1 saturated carbocycles. The summed E-state index contributed by atoms with van der Waals surface area (Å²) in [5.41, 5.74) is 2.66. The maximum Gasteiger partial charge on any atom is 0.142 e. The number of rotatable bonds is 3. The number of ether oxygens (including phenoxy) is 1. The Kier molecular flexibility index (Phi) is 3.44. The minimum absolute atomic E-state index is 0.564. The highest BCUT2D eigenvalue weighted by Crippen LogP contribution is 2.35. The lowest BCUT2D eigenvalue weighted by Crippen LogP contribution is -2.23. The number of para-hydroxylation sites is 1. The molecule has 0 radical (unpaired) electrons. The van der Waals surface area contributed by atoms with Crippen LogP contribution in [0.15, 0.2) is 18.2 Å². The zero-order valence-corrected chi connectivity index (χ0v) is 11.2. The van der Waals surface area contributed by atoms with E-state index >= 15 is 0 Å². The zero-order chi connectivity index (χ0) is 12.4. The van der Waals surface area contributed by atoms with Crippen LogP contribution in [0.25, 0.3) is 0 Å². The zero-order valence-electron chi connectivity index (χ0n) is 11.2. The Morgan fingerprint density at radius 3 is 2.89 bits per heavy atom. The van der Waals surface area contributed by atoms with Gasteiger partial charge in [-0.15, -0.1) is 0 Å². The topological polar surface area (TPSA) is 21.3 Å². The summed E-state index contributed by atoms with van der Waals surface area (Å²) in [5, 5.41) is 3.58. The largest absolute Gasteiger partial charge is 0.491 e. The summed E-state index contributed by atoms with van der Waals surface area (Å²) in [6.45, 7) is 3.14. The second-order valence-electron chi connectivity index (χ2n) is 5.84. The van der Waals surface area contributed by atoms with Crippen molar-refractivity contribution in [2.75, 3.05) is 11.9 Å². The van der Waals surface area contributed by atoms with E-state index in [-0.39, 0.29) is 0 Å². The van der Waals surface area contributed by atoms with Gasteiger partial charge in [-0.05, 0) is 50.2 Å². The van der Waals surface area contributed by atoms with Crippen LogP contribution in [0, 0.1) is 5.92 Å². The molecule has 0 saturated heterocycles. The maximum atomic E-state index is 6.07. The third kappa shape index (κ3) is 2.47. The lowest BCUT2D eigenvalue weighted by atomic mass is 9.98. The van der Waals surface area contributed by atoms with E-state index < -0.39 is 0 Å². The number of fused-ring (bicyclic) bond motifs is 1. The summed E-state index contributed by atoms with van der Waals surface area (Å²) in [5.74, 6) is 1.84. The minimum Gasteiger partial charge on any atom is -0.491 e. The molecule has 1 aliphatic carbocycles. The molecule has 0 amide bonds. The van der Waals surface area contributed by atoms with Gasteiger partial charge in [0.2, 0.25) is 0 Å². The van der Waals surface area contributed by atoms with Crippen molar-refractivity contribution in [3.63, 3.8) is 0 Å². The Hall–Kier alpha value is -1.18. The third-order valence-electron chi connectivity index (χ3n) is 4.30. The Morgan fingerprint density at radius 1 is 1.22 bits per heavy atom. The van der Waals surface area contributed by atoms with Crippen LogP contribution in [0.3, 0.4) is 0 Å². The molecule has 1 fully saturated rings. The molecule has 1 atom stereocenters. The lowest BCUT2D eigenvalue weighted by molar-refractivity contribution is 0.252. The molecule has 1 unspecified atom stereocenters. The van der Waals surface area contributed by atoms with Crippen LogP contribution < -0.4 is 10.1 Å². The van der Waals surface area contributed by atoms with E-state index in [1.807, 2.05) is 0 Å². The van der Waals surface area contributed by atoms with E-state index in [0.29, 0.717) is 6.04 Å². The Bertz CT molecular complexity index is 410. The van der Waals surface area contributed by atoms with Gasteiger partial charge in [-0.2, -0.15) is 0 Å². The average molecular weight is 245 g/mol. The molecule has 2 aliphatic rings. The molecule has 1 aliphatic heterocycles. The van der Waals surface area contributed by atoms with Crippen LogP contribution >= 0.6 is 0 Å². The molecule has 3 rings (SSSR count).